The van der Waals surface area contributed by atoms with E-state index in [0.717, 1.165) is 5.56 Å². The van der Waals surface area contributed by atoms with Crippen LogP contribution in [0.4, 0.5) is 27.8 Å². The molecule has 0 radical (unpaired) electrons. The van der Waals surface area contributed by atoms with Crippen molar-refractivity contribution in [3.8, 4) is 0 Å². The maximum Gasteiger partial charge on any atom is 0.227 e. The van der Waals surface area contributed by atoms with Gasteiger partial charge in [-0.1, -0.05) is 12.1 Å². The Balaban J connectivity index is 1.61. The van der Waals surface area contributed by atoms with Crippen molar-refractivity contribution in [3.05, 3.63) is 60.3 Å². The third-order valence-corrected chi connectivity index (χ3v) is 6.53. The van der Waals surface area contributed by atoms with Gasteiger partial charge >= 0.3 is 0 Å². The van der Waals surface area contributed by atoms with Crippen LogP contribution in [0.15, 0.2) is 48.9 Å². The summed E-state index contributed by atoms with van der Waals surface area (Å²) in [5, 5.41) is 6.34. The summed E-state index contributed by atoms with van der Waals surface area (Å²) in [7, 11) is -3.02. The van der Waals surface area contributed by atoms with Crippen molar-refractivity contribution in [3.63, 3.8) is 0 Å². The highest BCUT2D eigenvalue weighted by Gasteiger charge is 2.23. The standard InChI is InChI=1S/C20H22FN7O2S/c1-14(15-2-4-16(21)5-3-15)24-20-26-17(25-18-13-22-6-7-23-18)12-19(27-20)28-8-10-31(29,30)11-9-28/h2-7,12-14H,8-11H2,1H3,(H2,23,24,25,26,27)/t14-/m0/s1. The van der Waals surface area contributed by atoms with E-state index in [0.29, 0.717) is 36.5 Å². The second-order valence-corrected chi connectivity index (χ2v) is 9.51. The fraction of sp³-hybridized carbons (Fsp3) is 0.300. The van der Waals surface area contributed by atoms with E-state index >= 15 is 0 Å². The van der Waals surface area contributed by atoms with Crippen LogP contribution in [0.2, 0.25) is 0 Å². The number of nitrogens with zero attached hydrogens (tertiary/aromatic N) is 5. The summed E-state index contributed by atoms with van der Waals surface area (Å²) in [5.74, 6) is 1.83. The van der Waals surface area contributed by atoms with Crippen LogP contribution in [-0.4, -0.2) is 52.9 Å². The Morgan fingerprint density at radius 3 is 2.48 bits per heavy atom. The highest BCUT2D eigenvalue weighted by molar-refractivity contribution is 7.91. The number of aromatic nitrogens is 4. The van der Waals surface area contributed by atoms with E-state index in [1.54, 1.807) is 36.8 Å². The summed E-state index contributed by atoms with van der Waals surface area (Å²) in [4.78, 5) is 19.3. The average molecular weight is 444 g/mol. The van der Waals surface area contributed by atoms with Gasteiger partial charge in [-0.2, -0.15) is 9.97 Å². The summed E-state index contributed by atoms with van der Waals surface area (Å²) < 4.78 is 36.8. The largest absolute Gasteiger partial charge is 0.354 e. The van der Waals surface area contributed by atoms with Crippen molar-refractivity contribution in [2.75, 3.05) is 40.1 Å². The molecule has 11 heteroatoms. The number of benzene rings is 1. The SMILES string of the molecule is C[C@H](Nc1nc(Nc2cnccn2)cc(N2CCS(=O)(=O)CC2)n1)c1ccc(F)cc1. The van der Waals surface area contributed by atoms with Gasteiger partial charge < -0.3 is 15.5 Å². The topological polar surface area (TPSA) is 113 Å². The molecule has 0 spiro atoms. The number of hydrogen-bond acceptors (Lipinski definition) is 9. The highest BCUT2D eigenvalue weighted by atomic mass is 32.2. The Bertz CT molecular complexity index is 1130. The average Bonchev–Trinajstić information content (AvgIpc) is 2.74. The van der Waals surface area contributed by atoms with E-state index in [9.17, 15) is 12.8 Å². The minimum Gasteiger partial charge on any atom is -0.354 e. The van der Waals surface area contributed by atoms with Crippen molar-refractivity contribution in [1.82, 2.24) is 19.9 Å². The number of hydrogen-bond donors (Lipinski definition) is 2. The Labute approximate surface area is 179 Å². The Morgan fingerprint density at radius 1 is 1.06 bits per heavy atom. The quantitative estimate of drug-likeness (QED) is 0.593. The minimum atomic E-state index is -3.02. The molecule has 0 aliphatic carbocycles. The number of anilines is 4. The molecule has 1 fully saturated rings. The first-order valence-electron chi connectivity index (χ1n) is 9.77. The lowest BCUT2D eigenvalue weighted by Gasteiger charge is -2.28. The molecule has 162 valence electrons. The van der Waals surface area contributed by atoms with Crippen molar-refractivity contribution in [2.24, 2.45) is 0 Å². The first-order chi connectivity index (χ1) is 14.9. The molecule has 2 N–H and O–H groups in total. The maximum absolute atomic E-state index is 13.2. The van der Waals surface area contributed by atoms with Crippen molar-refractivity contribution in [2.45, 2.75) is 13.0 Å². The number of nitrogens with one attached hydrogen (secondary N) is 2. The number of rotatable bonds is 6. The molecule has 3 heterocycles. The zero-order valence-corrected chi connectivity index (χ0v) is 17.7. The van der Waals surface area contributed by atoms with E-state index in [2.05, 4.69) is 30.6 Å². The van der Waals surface area contributed by atoms with Crippen molar-refractivity contribution < 1.29 is 12.8 Å². The summed E-state index contributed by atoms with van der Waals surface area (Å²) in [5.41, 5.74) is 0.878. The first kappa shape index (κ1) is 20.9. The van der Waals surface area contributed by atoms with Gasteiger partial charge in [0.05, 0.1) is 23.7 Å². The second-order valence-electron chi connectivity index (χ2n) is 7.21. The van der Waals surface area contributed by atoms with E-state index in [1.807, 2.05) is 11.8 Å². The van der Waals surface area contributed by atoms with Gasteiger partial charge in [-0.25, -0.2) is 17.8 Å². The summed E-state index contributed by atoms with van der Waals surface area (Å²) >= 11 is 0. The van der Waals surface area contributed by atoms with E-state index in [4.69, 9.17) is 0 Å². The van der Waals surface area contributed by atoms with Gasteiger partial charge in [0.15, 0.2) is 9.84 Å². The third kappa shape index (κ3) is 5.43. The predicted octanol–water partition coefficient (Wildman–Crippen LogP) is 2.56. The molecule has 4 rings (SSSR count). The molecule has 1 aliphatic rings. The van der Waals surface area contributed by atoms with Crippen LogP contribution in [0.3, 0.4) is 0 Å². The molecule has 3 aromatic rings. The molecule has 0 unspecified atom stereocenters. The van der Waals surface area contributed by atoms with E-state index in [-0.39, 0.29) is 23.4 Å². The van der Waals surface area contributed by atoms with E-state index < -0.39 is 9.84 Å². The van der Waals surface area contributed by atoms with Gasteiger partial charge in [0.2, 0.25) is 5.95 Å². The maximum atomic E-state index is 13.2. The Morgan fingerprint density at radius 2 is 1.81 bits per heavy atom. The van der Waals surface area contributed by atoms with Crippen LogP contribution < -0.4 is 15.5 Å². The summed E-state index contributed by atoms with van der Waals surface area (Å²) in [6, 6.07) is 7.78. The fourth-order valence-electron chi connectivity index (χ4n) is 3.19. The lowest BCUT2D eigenvalue weighted by molar-refractivity contribution is 0.586. The molecular weight excluding hydrogens is 421 g/mol. The minimum absolute atomic E-state index is 0.0820. The number of sulfone groups is 1. The molecule has 31 heavy (non-hydrogen) atoms. The molecular formula is C20H22FN7O2S. The Hall–Kier alpha value is -3.34. The third-order valence-electron chi connectivity index (χ3n) is 4.92. The normalized spacial score (nSPS) is 16.5. The highest BCUT2D eigenvalue weighted by Crippen LogP contribution is 2.24. The van der Waals surface area contributed by atoms with Crippen LogP contribution in [0.5, 0.6) is 0 Å². The second kappa shape index (κ2) is 8.80. The fourth-order valence-corrected chi connectivity index (χ4v) is 4.39. The molecule has 1 atom stereocenters. The molecule has 0 amide bonds. The number of halogens is 1. The monoisotopic (exact) mass is 443 g/mol. The molecule has 1 aromatic carbocycles. The lowest BCUT2D eigenvalue weighted by atomic mass is 10.1. The summed E-state index contributed by atoms with van der Waals surface area (Å²) in [6.45, 7) is 2.64. The summed E-state index contributed by atoms with van der Waals surface area (Å²) in [6.07, 6.45) is 4.71. The van der Waals surface area contributed by atoms with E-state index in [1.165, 1.54) is 12.1 Å². The van der Waals surface area contributed by atoms with Crippen LogP contribution >= 0.6 is 0 Å². The Kier molecular flexibility index (Phi) is 5.94. The van der Waals surface area contributed by atoms with Crippen LogP contribution in [0.1, 0.15) is 18.5 Å². The van der Waals surface area contributed by atoms with Crippen molar-refractivity contribution >= 4 is 33.2 Å². The molecule has 1 saturated heterocycles. The smallest absolute Gasteiger partial charge is 0.227 e. The van der Waals surface area contributed by atoms with Gasteiger partial charge in [-0.3, -0.25) is 4.98 Å². The van der Waals surface area contributed by atoms with Gasteiger partial charge in [0.1, 0.15) is 23.3 Å². The molecule has 9 nitrogen and oxygen atoms in total. The van der Waals surface area contributed by atoms with Crippen LogP contribution in [0.25, 0.3) is 0 Å². The molecule has 1 aliphatic heterocycles. The van der Waals surface area contributed by atoms with Crippen LogP contribution in [0, 0.1) is 5.82 Å². The predicted molar refractivity (Wildman–Crippen MR) is 117 cm³/mol. The van der Waals surface area contributed by atoms with Gasteiger partial charge in [-0.15, -0.1) is 0 Å². The lowest BCUT2D eigenvalue weighted by Crippen LogP contribution is -2.40. The van der Waals surface area contributed by atoms with Gasteiger partial charge in [0.25, 0.3) is 0 Å². The zero-order valence-electron chi connectivity index (χ0n) is 16.9. The zero-order chi connectivity index (χ0) is 21.8. The van der Waals surface area contributed by atoms with Gasteiger partial charge in [-0.05, 0) is 24.6 Å². The molecule has 2 aromatic heterocycles. The first-order valence-corrected chi connectivity index (χ1v) is 11.6. The van der Waals surface area contributed by atoms with Gasteiger partial charge in [0, 0.05) is 31.5 Å². The molecule has 0 bridgehead atoms. The molecule has 0 saturated carbocycles. The van der Waals surface area contributed by atoms with Crippen molar-refractivity contribution in [1.29, 1.82) is 0 Å². The van der Waals surface area contributed by atoms with Crippen LogP contribution in [-0.2, 0) is 9.84 Å².